The summed E-state index contributed by atoms with van der Waals surface area (Å²) in [5, 5.41) is 3.52. The first-order valence-electron chi connectivity index (χ1n) is 6.50. The van der Waals surface area contributed by atoms with Gasteiger partial charge in [-0.2, -0.15) is 0 Å². The van der Waals surface area contributed by atoms with Gasteiger partial charge in [-0.05, 0) is 44.6 Å². The van der Waals surface area contributed by atoms with E-state index in [2.05, 4.69) is 12.4 Å². The third-order valence-corrected chi connectivity index (χ3v) is 4.34. The van der Waals surface area contributed by atoms with Crippen molar-refractivity contribution >= 4 is 5.78 Å². The second-order valence-electron chi connectivity index (χ2n) is 5.24. The zero-order valence-electron chi connectivity index (χ0n) is 9.80. The molecule has 0 aromatic heterocycles. The van der Waals surface area contributed by atoms with Gasteiger partial charge in [0.05, 0.1) is 0 Å². The van der Waals surface area contributed by atoms with Gasteiger partial charge in [0.15, 0.2) is 0 Å². The minimum Gasteiger partial charge on any atom is -0.316 e. The molecule has 2 fully saturated rings. The van der Waals surface area contributed by atoms with Crippen LogP contribution in [0.5, 0.6) is 0 Å². The summed E-state index contributed by atoms with van der Waals surface area (Å²) in [4.78, 5) is 11.2. The smallest absolute Gasteiger partial charge is 0.132 e. The average Bonchev–Trinajstić information content (AvgIpc) is 2.75. The van der Waals surface area contributed by atoms with E-state index in [0.29, 0.717) is 11.8 Å². The van der Waals surface area contributed by atoms with E-state index in [9.17, 15) is 4.79 Å². The van der Waals surface area contributed by atoms with Gasteiger partial charge in [-0.25, -0.2) is 0 Å². The molecule has 0 saturated heterocycles. The number of nitrogens with one attached hydrogen (secondary N) is 1. The summed E-state index contributed by atoms with van der Waals surface area (Å²) in [6.45, 7) is 0. The number of rotatable bonds is 3. The van der Waals surface area contributed by atoms with Crippen LogP contribution in [-0.2, 0) is 4.79 Å². The van der Waals surface area contributed by atoms with Crippen molar-refractivity contribution in [3.05, 3.63) is 0 Å². The molecule has 0 aromatic carbocycles. The maximum atomic E-state index is 11.2. The highest BCUT2D eigenvalue weighted by molar-refractivity contribution is 5.79. The molecule has 0 aromatic rings. The van der Waals surface area contributed by atoms with E-state index >= 15 is 0 Å². The molecule has 0 heterocycles. The van der Waals surface area contributed by atoms with Crippen LogP contribution in [-0.4, -0.2) is 18.9 Å². The van der Waals surface area contributed by atoms with Crippen molar-refractivity contribution in [2.45, 2.75) is 57.4 Å². The van der Waals surface area contributed by atoms with Gasteiger partial charge < -0.3 is 5.32 Å². The molecule has 2 saturated carbocycles. The van der Waals surface area contributed by atoms with Gasteiger partial charge in [0.2, 0.25) is 0 Å². The van der Waals surface area contributed by atoms with E-state index in [-0.39, 0.29) is 0 Å². The van der Waals surface area contributed by atoms with Crippen LogP contribution in [0.1, 0.15) is 51.4 Å². The van der Waals surface area contributed by atoms with Crippen molar-refractivity contribution in [2.24, 2.45) is 11.8 Å². The van der Waals surface area contributed by atoms with Gasteiger partial charge in [0.25, 0.3) is 0 Å². The van der Waals surface area contributed by atoms with Crippen LogP contribution in [0.25, 0.3) is 0 Å². The van der Waals surface area contributed by atoms with E-state index in [1.54, 1.807) is 0 Å². The lowest BCUT2D eigenvalue weighted by atomic mass is 9.78. The summed E-state index contributed by atoms with van der Waals surface area (Å²) < 4.78 is 0. The Morgan fingerprint density at radius 1 is 1.07 bits per heavy atom. The largest absolute Gasteiger partial charge is 0.316 e. The number of carbonyl (C=O) groups excluding carboxylic acids is 1. The van der Waals surface area contributed by atoms with Crippen molar-refractivity contribution in [2.75, 3.05) is 7.05 Å². The molecule has 1 N–H and O–H groups in total. The van der Waals surface area contributed by atoms with Gasteiger partial charge in [-0.3, -0.25) is 4.79 Å². The zero-order chi connectivity index (χ0) is 10.7. The molecule has 2 aliphatic rings. The molecule has 0 radical (unpaired) electrons. The fraction of sp³-hybridized carbons (Fsp3) is 0.923. The van der Waals surface area contributed by atoms with Crippen molar-refractivity contribution in [3.63, 3.8) is 0 Å². The minimum absolute atomic E-state index is 0.479. The predicted octanol–water partition coefficient (Wildman–Crippen LogP) is 2.52. The summed E-state index contributed by atoms with van der Waals surface area (Å²) in [5.74, 6) is 2.12. The Morgan fingerprint density at radius 2 is 1.60 bits per heavy atom. The van der Waals surface area contributed by atoms with Crippen LogP contribution in [0.3, 0.4) is 0 Å². The van der Waals surface area contributed by atoms with Crippen LogP contribution in [0.4, 0.5) is 0 Å². The highest BCUT2D eigenvalue weighted by atomic mass is 16.1. The quantitative estimate of drug-likeness (QED) is 0.774. The Labute approximate surface area is 92.8 Å². The molecule has 2 heteroatoms. The number of hydrogen-bond acceptors (Lipinski definition) is 2. The van der Waals surface area contributed by atoms with Gasteiger partial charge in [-0.15, -0.1) is 0 Å². The topological polar surface area (TPSA) is 29.1 Å². The molecular formula is C13H23NO. The fourth-order valence-electron chi connectivity index (χ4n) is 3.49. The number of hydrogen-bond donors (Lipinski definition) is 1. The lowest BCUT2D eigenvalue weighted by Crippen LogP contribution is -2.41. The standard InChI is InChI=1S/C13H23NO/c1-14-13(10-4-2-3-5-10)11-6-8-12(15)9-7-11/h10-11,13-14H,2-9H2,1H3. The van der Waals surface area contributed by atoms with Crippen LogP contribution in [0, 0.1) is 11.8 Å². The summed E-state index contributed by atoms with van der Waals surface area (Å²) >= 11 is 0. The van der Waals surface area contributed by atoms with Gasteiger partial charge in [0.1, 0.15) is 5.78 Å². The Hall–Kier alpha value is -0.370. The molecule has 2 nitrogen and oxygen atoms in total. The van der Waals surface area contributed by atoms with Crippen LogP contribution >= 0.6 is 0 Å². The zero-order valence-corrected chi connectivity index (χ0v) is 9.80. The number of carbonyl (C=O) groups is 1. The van der Waals surface area contributed by atoms with Crippen LogP contribution < -0.4 is 5.32 Å². The Morgan fingerprint density at radius 3 is 2.13 bits per heavy atom. The molecule has 86 valence electrons. The molecule has 0 amide bonds. The maximum Gasteiger partial charge on any atom is 0.132 e. The molecule has 2 rings (SSSR count). The van der Waals surface area contributed by atoms with Crippen LogP contribution in [0.15, 0.2) is 0 Å². The van der Waals surface area contributed by atoms with E-state index in [1.165, 1.54) is 25.7 Å². The number of Topliss-reactive ketones (excluding diaryl/α,β-unsaturated/α-hetero) is 1. The summed E-state index contributed by atoms with van der Waals surface area (Å²) in [7, 11) is 2.10. The second-order valence-corrected chi connectivity index (χ2v) is 5.24. The first-order valence-corrected chi connectivity index (χ1v) is 6.50. The lowest BCUT2D eigenvalue weighted by Gasteiger charge is -2.33. The van der Waals surface area contributed by atoms with Gasteiger partial charge in [0, 0.05) is 18.9 Å². The lowest BCUT2D eigenvalue weighted by molar-refractivity contribution is -0.121. The van der Waals surface area contributed by atoms with E-state index in [4.69, 9.17) is 0 Å². The summed E-state index contributed by atoms with van der Waals surface area (Å²) in [6, 6.07) is 0.681. The molecule has 0 bridgehead atoms. The van der Waals surface area contributed by atoms with Gasteiger partial charge >= 0.3 is 0 Å². The predicted molar refractivity (Wildman–Crippen MR) is 61.8 cm³/mol. The summed E-state index contributed by atoms with van der Waals surface area (Å²) in [6.07, 6.45) is 9.53. The van der Waals surface area contributed by atoms with Crippen LogP contribution in [0.2, 0.25) is 0 Å². The SMILES string of the molecule is CNC(C1CCCC1)C1CCC(=O)CC1. The average molecular weight is 209 g/mol. The highest BCUT2D eigenvalue weighted by Crippen LogP contribution is 2.35. The third kappa shape index (κ3) is 2.60. The number of ketones is 1. The Bertz CT molecular complexity index is 211. The molecule has 1 atom stereocenters. The van der Waals surface area contributed by atoms with Crippen molar-refractivity contribution in [1.29, 1.82) is 0 Å². The first kappa shape index (κ1) is 11.1. The van der Waals surface area contributed by atoms with E-state index in [1.807, 2.05) is 0 Å². The Balaban J connectivity index is 1.90. The maximum absolute atomic E-state index is 11.2. The fourth-order valence-corrected chi connectivity index (χ4v) is 3.49. The van der Waals surface area contributed by atoms with E-state index < -0.39 is 0 Å². The van der Waals surface area contributed by atoms with E-state index in [0.717, 1.165) is 37.5 Å². The summed E-state index contributed by atoms with van der Waals surface area (Å²) in [5.41, 5.74) is 0. The molecular weight excluding hydrogens is 186 g/mol. The first-order chi connectivity index (χ1) is 7.31. The minimum atomic E-state index is 0.479. The third-order valence-electron chi connectivity index (χ3n) is 4.34. The van der Waals surface area contributed by atoms with Crippen molar-refractivity contribution in [3.8, 4) is 0 Å². The second kappa shape index (κ2) is 5.11. The molecule has 2 aliphatic carbocycles. The van der Waals surface area contributed by atoms with Crippen molar-refractivity contribution in [1.82, 2.24) is 5.32 Å². The molecule has 0 spiro atoms. The molecule has 15 heavy (non-hydrogen) atoms. The van der Waals surface area contributed by atoms with Gasteiger partial charge in [-0.1, -0.05) is 12.8 Å². The highest BCUT2D eigenvalue weighted by Gasteiger charge is 2.32. The molecule has 0 aliphatic heterocycles. The normalized spacial score (nSPS) is 27.1. The van der Waals surface area contributed by atoms with Crippen molar-refractivity contribution < 1.29 is 4.79 Å². The molecule has 1 unspecified atom stereocenters. The Kier molecular flexibility index (Phi) is 3.79. The monoisotopic (exact) mass is 209 g/mol.